The molecule has 4 rings (SSSR count). The highest BCUT2D eigenvalue weighted by molar-refractivity contribution is 7.98. The van der Waals surface area contributed by atoms with Gasteiger partial charge in [-0.2, -0.15) is 0 Å². The molecule has 0 N–H and O–H groups in total. The average molecular weight is 405 g/mol. The smallest absolute Gasteiger partial charge is 0.272 e. The molecule has 0 aromatic carbocycles. The van der Waals surface area contributed by atoms with Crippen molar-refractivity contribution in [2.45, 2.75) is 31.3 Å². The molecule has 0 saturated heterocycles. The minimum Gasteiger partial charge on any atom is -0.383 e. The van der Waals surface area contributed by atoms with Crippen LogP contribution < -0.4 is 5.56 Å². The lowest BCUT2D eigenvalue weighted by Gasteiger charge is -2.09. The van der Waals surface area contributed by atoms with Gasteiger partial charge in [-0.25, -0.2) is 4.98 Å². The summed E-state index contributed by atoms with van der Waals surface area (Å²) in [5, 5.41) is 11.4. The fraction of sp³-hybridized carbons (Fsp3) is 0.412. The molecule has 4 aromatic heterocycles. The molecule has 0 aliphatic rings. The molecular formula is C17H20N6O2S2. The molecular weight excluding hydrogens is 384 g/mol. The second kappa shape index (κ2) is 7.10. The summed E-state index contributed by atoms with van der Waals surface area (Å²) in [6, 6.07) is 1.94. The summed E-state index contributed by atoms with van der Waals surface area (Å²) in [7, 11) is 3.43. The Morgan fingerprint density at radius 3 is 2.89 bits per heavy atom. The Balaban J connectivity index is 1.72. The van der Waals surface area contributed by atoms with Gasteiger partial charge in [0.15, 0.2) is 5.16 Å². The molecule has 0 amide bonds. The van der Waals surface area contributed by atoms with Gasteiger partial charge in [0.25, 0.3) is 5.56 Å². The minimum absolute atomic E-state index is 0.0412. The van der Waals surface area contributed by atoms with Gasteiger partial charge in [0.05, 0.1) is 23.6 Å². The zero-order chi connectivity index (χ0) is 19.1. The number of rotatable bonds is 6. The lowest BCUT2D eigenvalue weighted by atomic mass is 10.4. The number of imidazole rings is 1. The zero-order valence-electron chi connectivity index (χ0n) is 15.6. The van der Waals surface area contributed by atoms with Crippen molar-refractivity contribution >= 4 is 39.1 Å². The molecule has 0 bridgehead atoms. The predicted octanol–water partition coefficient (Wildman–Crippen LogP) is 2.39. The summed E-state index contributed by atoms with van der Waals surface area (Å²) in [6.45, 7) is 5.48. The van der Waals surface area contributed by atoms with E-state index in [9.17, 15) is 4.79 Å². The molecule has 10 heteroatoms. The lowest BCUT2D eigenvalue weighted by Crippen LogP contribution is -2.19. The van der Waals surface area contributed by atoms with Crippen LogP contribution in [0.5, 0.6) is 0 Å². The van der Waals surface area contributed by atoms with Crippen LogP contribution in [0.2, 0.25) is 0 Å². The summed E-state index contributed by atoms with van der Waals surface area (Å²) >= 11 is 3.05. The zero-order valence-corrected chi connectivity index (χ0v) is 17.2. The quantitative estimate of drug-likeness (QED) is 0.459. The monoisotopic (exact) mass is 404 g/mol. The van der Waals surface area contributed by atoms with Crippen LogP contribution in [0, 0.1) is 13.8 Å². The second-order valence-corrected chi connectivity index (χ2v) is 8.11. The highest BCUT2D eigenvalue weighted by Crippen LogP contribution is 2.26. The third kappa shape index (κ3) is 2.97. The van der Waals surface area contributed by atoms with Gasteiger partial charge in [0.2, 0.25) is 5.78 Å². The van der Waals surface area contributed by atoms with E-state index < -0.39 is 0 Å². The Hall–Kier alpha value is -2.17. The van der Waals surface area contributed by atoms with E-state index >= 15 is 0 Å². The summed E-state index contributed by atoms with van der Waals surface area (Å²) in [4.78, 5) is 17.1. The standard InChI is InChI=1S/C17H20N6O2S2/c1-10-11(2)22(6-7-25-4)17(18-10)27-9-13-19-20-16-21(3)15(24)14-12(23(13)16)5-8-26-14/h5,8H,6-7,9H2,1-4H3. The van der Waals surface area contributed by atoms with Gasteiger partial charge in [0.1, 0.15) is 10.5 Å². The van der Waals surface area contributed by atoms with E-state index in [2.05, 4.69) is 26.7 Å². The number of hydrogen-bond acceptors (Lipinski definition) is 7. The Kier molecular flexibility index (Phi) is 4.79. The lowest BCUT2D eigenvalue weighted by molar-refractivity contribution is 0.184. The van der Waals surface area contributed by atoms with Gasteiger partial charge >= 0.3 is 0 Å². The fourth-order valence-electron chi connectivity index (χ4n) is 3.06. The minimum atomic E-state index is -0.0412. The van der Waals surface area contributed by atoms with E-state index in [0.29, 0.717) is 22.8 Å². The molecule has 0 atom stereocenters. The summed E-state index contributed by atoms with van der Waals surface area (Å²) in [6.07, 6.45) is 0. The van der Waals surface area contributed by atoms with E-state index in [1.54, 1.807) is 30.5 Å². The molecule has 0 spiro atoms. The Morgan fingerprint density at radius 1 is 1.30 bits per heavy atom. The molecule has 0 aliphatic heterocycles. The maximum absolute atomic E-state index is 12.4. The van der Waals surface area contributed by atoms with Crippen molar-refractivity contribution in [3.8, 4) is 0 Å². The van der Waals surface area contributed by atoms with Crippen molar-refractivity contribution in [1.82, 2.24) is 28.7 Å². The highest BCUT2D eigenvalue weighted by Gasteiger charge is 2.17. The van der Waals surface area contributed by atoms with Crippen molar-refractivity contribution in [3.05, 3.63) is 39.0 Å². The van der Waals surface area contributed by atoms with Gasteiger partial charge in [-0.05, 0) is 25.3 Å². The molecule has 142 valence electrons. The van der Waals surface area contributed by atoms with Gasteiger partial charge < -0.3 is 9.30 Å². The first kappa shape index (κ1) is 18.2. The van der Waals surface area contributed by atoms with Crippen molar-refractivity contribution in [2.75, 3.05) is 13.7 Å². The first-order valence-corrected chi connectivity index (χ1v) is 10.3. The molecule has 4 aromatic rings. The van der Waals surface area contributed by atoms with Crippen LogP contribution >= 0.6 is 23.1 Å². The largest absolute Gasteiger partial charge is 0.383 e. The first-order chi connectivity index (χ1) is 13.0. The third-order valence-electron chi connectivity index (χ3n) is 4.67. The number of aromatic nitrogens is 6. The van der Waals surface area contributed by atoms with E-state index in [-0.39, 0.29) is 5.56 Å². The Labute approximate surface area is 163 Å². The number of ether oxygens (including phenoxy) is 1. The predicted molar refractivity (Wildman–Crippen MR) is 107 cm³/mol. The van der Waals surface area contributed by atoms with Crippen LogP contribution in [-0.2, 0) is 24.1 Å². The molecule has 4 heterocycles. The molecule has 0 aliphatic carbocycles. The van der Waals surface area contributed by atoms with Crippen LogP contribution in [0.3, 0.4) is 0 Å². The Bertz CT molecular complexity index is 1190. The van der Waals surface area contributed by atoms with Crippen molar-refractivity contribution in [2.24, 2.45) is 7.05 Å². The van der Waals surface area contributed by atoms with E-state index in [1.807, 2.05) is 22.8 Å². The molecule has 0 fully saturated rings. The molecule has 0 radical (unpaired) electrons. The van der Waals surface area contributed by atoms with Crippen LogP contribution in [0.15, 0.2) is 21.4 Å². The molecule has 0 unspecified atom stereocenters. The number of nitrogens with zero attached hydrogens (tertiary/aromatic N) is 6. The van der Waals surface area contributed by atoms with Gasteiger partial charge in [0, 0.05) is 26.4 Å². The maximum Gasteiger partial charge on any atom is 0.272 e. The van der Waals surface area contributed by atoms with Crippen LogP contribution in [0.4, 0.5) is 0 Å². The number of thiophene rings is 1. The SMILES string of the molecule is COCCn1c(SCc2nnc3n(C)c(=O)c4sccc4n23)nc(C)c1C. The normalized spacial score (nSPS) is 11.9. The average Bonchev–Trinajstić information content (AvgIpc) is 3.35. The van der Waals surface area contributed by atoms with Crippen molar-refractivity contribution in [3.63, 3.8) is 0 Å². The topological polar surface area (TPSA) is 79.2 Å². The highest BCUT2D eigenvalue weighted by atomic mass is 32.2. The second-order valence-electron chi connectivity index (χ2n) is 6.25. The van der Waals surface area contributed by atoms with E-state index in [4.69, 9.17) is 4.74 Å². The maximum atomic E-state index is 12.4. The number of fused-ring (bicyclic) bond motifs is 3. The number of aryl methyl sites for hydroxylation is 2. The first-order valence-electron chi connectivity index (χ1n) is 8.48. The van der Waals surface area contributed by atoms with Crippen molar-refractivity contribution < 1.29 is 4.74 Å². The number of hydrogen-bond donors (Lipinski definition) is 0. The van der Waals surface area contributed by atoms with E-state index in [1.165, 1.54) is 11.3 Å². The summed E-state index contributed by atoms with van der Waals surface area (Å²) < 4.78 is 11.6. The molecule has 8 nitrogen and oxygen atoms in total. The van der Waals surface area contributed by atoms with Gasteiger partial charge in [-0.3, -0.25) is 13.8 Å². The third-order valence-corrected chi connectivity index (χ3v) is 6.53. The van der Waals surface area contributed by atoms with Gasteiger partial charge in [-0.1, -0.05) is 11.8 Å². The Morgan fingerprint density at radius 2 is 2.11 bits per heavy atom. The molecule has 0 saturated carbocycles. The van der Waals surface area contributed by atoms with E-state index in [0.717, 1.165) is 34.4 Å². The fourth-order valence-corrected chi connectivity index (χ4v) is 4.94. The summed E-state index contributed by atoms with van der Waals surface area (Å²) in [5.74, 6) is 1.95. The molecule has 27 heavy (non-hydrogen) atoms. The number of methoxy groups -OCH3 is 1. The number of thioether (sulfide) groups is 1. The van der Waals surface area contributed by atoms with Crippen LogP contribution in [0.1, 0.15) is 17.2 Å². The summed E-state index contributed by atoms with van der Waals surface area (Å²) in [5.41, 5.74) is 2.97. The van der Waals surface area contributed by atoms with Gasteiger partial charge in [-0.15, -0.1) is 21.5 Å². The van der Waals surface area contributed by atoms with Crippen LogP contribution in [0.25, 0.3) is 16.0 Å². The van der Waals surface area contributed by atoms with Crippen molar-refractivity contribution in [1.29, 1.82) is 0 Å². The van der Waals surface area contributed by atoms with Crippen LogP contribution in [-0.4, -0.2) is 42.4 Å².